The van der Waals surface area contributed by atoms with Gasteiger partial charge < -0.3 is 15.3 Å². The molecular weight excluding hydrogens is 631 g/mol. The number of hydrogen-bond donors (Lipinski definition) is 3. The first-order valence-electron chi connectivity index (χ1n) is 14.7. The van der Waals surface area contributed by atoms with E-state index in [4.69, 9.17) is 15.3 Å². The average molecular weight is 686 g/mol. The number of aliphatic carboxylic acids is 3. The van der Waals surface area contributed by atoms with Crippen LogP contribution in [0.15, 0.2) is 66.9 Å². The van der Waals surface area contributed by atoms with Crippen LogP contribution in [0.4, 0.5) is 0 Å². The van der Waals surface area contributed by atoms with Gasteiger partial charge in [-0.25, -0.2) is 0 Å². The third kappa shape index (κ3) is 7.77. The summed E-state index contributed by atoms with van der Waals surface area (Å²) in [5.41, 5.74) is 14.0. The first kappa shape index (κ1) is 40.5. The van der Waals surface area contributed by atoms with Crippen molar-refractivity contribution in [3.05, 3.63) is 66.9 Å². The molecule has 0 amide bonds. The van der Waals surface area contributed by atoms with Gasteiger partial charge in [0.1, 0.15) is 0 Å². The van der Waals surface area contributed by atoms with Crippen LogP contribution in [0, 0.1) is 16.2 Å². The van der Waals surface area contributed by atoms with Gasteiger partial charge in [0.2, 0.25) is 0 Å². The van der Waals surface area contributed by atoms with E-state index in [1.165, 1.54) is 66.9 Å². The van der Waals surface area contributed by atoms with Crippen LogP contribution in [0.25, 0.3) is 0 Å². The number of hydrogen-bond acceptors (Lipinski definition) is 3. The molecule has 0 aromatic heterocycles. The third-order valence-electron chi connectivity index (χ3n) is 11.5. The molecule has 3 aliphatic rings. The number of carbonyl (C=O) groups is 3. The second kappa shape index (κ2) is 14.5. The Balaban J connectivity index is 0.000000608. The zero-order chi connectivity index (χ0) is 33.3. The minimum absolute atomic E-state index is 0. The van der Waals surface area contributed by atoms with Crippen molar-refractivity contribution in [1.29, 1.82) is 0 Å². The van der Waals surface area contributed by atoms with Crippen molar-refractivity contribution < 1.29 is 49.2 Å². The Morgan fingerprint density at radius 2 is 0.512 bits per heavy atom. The third-order valence-corrected chi connectivity index (χ3v) is 11.5. The molecule has 0 heterocycles. The van der Waals surface area contributed by atoms with E-state index < -0.39 is 17.9 Å². The van der Waals surface area contributed by atoms with E-state index in [1.54, 1.807) is 0 Å². The van der Waals surface area contributed by atoms with E-state index in [9.17, 15) is 14.4 Å². The molecule has 0 fully saturated rings. The summed E-state index contributed by atoms with van der Waals surface area (Å²) >= 11 is 0. The monoisotopic (exact) mass is 685 g/mol. The Kier molecular flexibility index (Phi) is 13.7. The minimum Gasteiger partial charge on any atom is -0.481 e. The molecule has 3 aliphatic carbocycles. The quantitative estimate of drug-likeness (QED) is 0.240. The first-order valence-corrected chi connectivity index (χ1v) is 14.7. The first-order chi connectivity index (χ1) is 18.9. The van der Waals surface area contributed by atoms with Crippen molar-refractivity contribution in [3.8, 4) is 0 Å². The Morgan fingerprint density at radius 3 is 0.605 bits per heavy atom. The SMILES string of the molecule is CC1=C(C)C(C)(CC(=O)O)C(C)=C1C.CC1=C(C)C(C)(CC(=O)O)C(C)=C1C.CC1=C(C)C(C)(CC(=O)O)C(C)=C1C.[Rh]. The maximum atomic E-state index is 10.8. The molecule has 0 saturated heterocycles. The summed E-state index contributed by atoms with van der Waals surface area (Å²) in [7, 11) is 0. The van der Waals surface area contributed by atoms with Gasteiger partial charge in [0.15, 0.2) is 0 Å². The van der Waals surface area contributed by atoms with E-state index in [-0.39, 0.29) is 55.0 Å². The van der Waals surface area contributed by atoms with Gasteiger partial charge in [0.25, 0.3) is 0 Å². The van der Waals surface area contributed by atoms with Gasteiger partial charge in [-0.05, 0) is 117 Å². The van der Waals surface area contributed by atoms with Crippen molar-refractivity contribution in [3.63, 3.8) is 0 Å². The molecule has 0 aliphatic heterocycles. The van der Waals surface area contributed by atoms with E-state index in [2.05, 4.69) is 41.5 Å². The van der Waals surface area contributed by atoms with Crippen LogP contribution in [-0.4, -0.2) is 33.2 Å². The smallest absolute Gasteiger partial charge is 0.304 e. The van der Waals surface area contributed by atoms with Crippen molar-refractivity contribution in [1.82, 2.24) is 0 Å². The maximum absolute atomic E-state index is 10.8. The van der Waals surface area contributed by atoms with E-state index in [0.717, 1.165) is 0 Å². The van der Waals surface area contributed by atoms with Crippen LogP contribution in [0.1, 0.15) is 123 Å². The molecule has 6 nitrogen and oxygen atoms in total. The fraction of sp³-hybridized carbons (Fsp3) is 0.583. The van der Waals surface area contributed by atoms with Gasteiger partial charge in [-0.3, -0.25) is 14.4 Å². The topological polar surface area (TPSA) is 112 Å². The molecule has 43 heavy (non-hydrogen) atoms. The average Bonchev–Trinajstić information content (AvgIpc) is 3.19. The Hall–Kier alpha value is -2.53. The molecule has 3 rings (SSSR count). The normalized spacial score (nSPS) is 20.2. The molecule has 0 bridgehead atoms. The summed E-state index contributed by atoms with van der Waals surface area (Å²) in [5, 5.41) is 26.7. The molecule has 7 heteroatoms. The van der Waals surface area contributed by atoms with E-state index >= 15 is 0 Å². The molecule has 0 saturated carbocycles. The fourth-order valence-electron chi connectivity index (χ4n) is 6.72. The Morgan fingerprint density at radius 1 is 0.395 bits per heavy atom. The molecule has 0 atom stereocenters. The molecule has 0 aromatic rings. The van der Waals surface area contributed by atoms with Gasteiger partial charge in [-0.15, -0.1) is 0 Å². The van der Waals surface area contributed by atoms with Gasteiger partial charge in [-0.2, -0.15) is 0 Å². The number of carboxylic acids is 3. The second-order valence-corrected chi connectivity index (χ2v) is 13.2. The molecule has 0 spiro atoms. The van der Waals surface area contributed by atoms with Crippen molar-refractivity contribution >= 4 is 17.9 Å². The summed E-state index contributed by atoms with van der Waals surface area (Å²) in [6.45, 7) is 30.7. The molecule has 1 radical (unpaired) electrons. The van der Waals surface area contributed by atoms with Gasteiger partial charge in [0, 0.05) is 35.7 Å². The Bertz CT molecular complexity index is 1140. The molecule has 243 valence electrons. The van der Waals surface area contributed by atoms with Gasteiger partial charge in [0.05, 0.1) is 19.3 Å². The van der Waals surface area contributed by atoms with Crippen LogP contribution >= 0.6 is 0 Å². The predicted octanol–water partition coefficient (Wildman–Crippen LogP) is 9.46. The molecule has 0 unspecified atom stereocenters. The summed E-state index contributed by atoms with van der Waals surface area (Å²) in [5.74, 6) is -2.18. The molecule has 0 aromatic carbocycles. The predicted molar refractivity (Wildman–Crippen MR) is 171 cm³/mol. The zero-order valence-electron chi connectivity index (χ0n) is 29.0. The summed E-state index contributed by atoms with van der Waals surface area (Å²) in [6, 6.07) is 0. The van der Waals surface area contributed by atoms with Crippen LogP contribution in [0.5, 0.6) is 0 Å². The largest absolute Gasteiger partial charge is 0.481 e. The van der Waals surface area contributed by atoms with Crippen molar-refractivity contribution in [2.45, 2.75) is 123 Å². The molecular formula is C36H54O6Rh. The second-order valence-electron chi connectivity index (χ2n) is 13.2. The fourth-order valence-corrected chi connectivity index (χ4v) is 6.72. The maximum Gasteiger partial charge on any atom is 0.304 e. The summed E-state index contributed by atoms with van der Waals surface area (Å²) < 4.78 is 0. The van der Waals surface area contributed by atoms with Crippen LogP contribution < -0.4 is 0 Å². The standard InChI is InChI=1S/3C12H18O2.Rh/c3*1-7-8(2)10(4)12(5,9(7)3)6-11(13)14;/h3*6H2,1-5H3,(H,13,14);. The van der Waals surface area contributed by atoms with Crippen molar-refractivity contribution in [2.24, 2.45) is 16.2 Å². The van der Waals surface area contributed by atoms with Crippen LogP contribution in [0.3, 0.4) is 0 Å². The number of allylic oxidation sites excluding steroid dienone is 12. The van der Waals surface area contributed by atoms with E-state index in [1.807, 2.05) is 62.3 Å². The van der Waals surface area contributed by atoms with Gasteiger partial charge in [-0.1, -0.05) is 54.2 Å². The summed E-state index contributed by atoms with van der Waals surface area (Å²) in [4.78, 5) is 32.5. The summed E-state index contributed by atoms with van der Waals surface area (Å²) in [6.07, 6.45) is 0.581. The van der Waals surface area contributed by atoms with Crippen LogP contribution in [-0.2, 0) is 33.9 Å². The minimum atomic E-state index is -0.728. The molecule has 3 N–H and O–H groups in total. The zero-order valence-corrected chi connectivity index (χ0v) is 30.7. The van der Waals surface area contributed by atoms with Crippen LogP contribution in [0.2, 0.25) is 0 Å². The van der Waals surface area contributed by atoms with Crippen molar-refractivity contribution in [2.75, 3.05) is 0 Å². The van der Waals surface area contributed by atoms with Gasteiger partial charge >= 0.3 is 17.9 Å². The number of carboxylic acid groups (broad SMARTS) is 3. The number of rotatable bonds is 6. The van der Waals surface area contributed by atoms with E-state index in [0.29, 0.717) is 0 Å². The Labute approximate surface area is 272 Å².